The van der Waals surface area contributed by atoms with Crippen LogP contribution < -0.4 is 5.32 Å². The molecule has 1 saturated heterocycles. The number of aromatic nitrogens is 1. The summed E-state index contributed by atoms with van der Waals surface area (Å²) < 4.78 is 0. The number of amides is 2. The summed E-state index contributed by atoms with van der Waals surface area (Å²) in [5.41, 5.74) is 1.97. The predicted octanol–water partition coefficient (Wildman–Crippen LogP) is 1.93. The first kappa shape index (κ1) is 13.8. The fourth-order valence-corrected chi connectivity index (χ4v) is 2.49. The lowest BCUT2D eigenvalue weighted by molar-refractivity contribution is 0.136. The monoisotopic (exact) mass is 263 g/mol. The molecule has 2 N–H and O–H groups in total. The van der Waals surface area contributed by atoms with Gasteiger partial charge in [-0.2, -0.15) is 0 Å². The molecule has 0 unspecified atom stereocenters. The van der Waals surface area contributed by atoms with Crippen LogP contribution in [0.2, 0.25) is 0 Å². The van der Waals surface area contributed by atoms with Crippen LogP contribution >= 0.6 is 0 Å². The molecule has 0 saturated carbocycles. The Morgan fingerprint density at radius 1 is 1.53 bits per heavy atom. The van der Waals surface area contributed by atoms with Gasteiger partial charge in [0.2, 0.25) is 0 Å². The van der Waals surface area contributed by atoms with E-state index in [9.17, 15) is 9.90 Å². The van der Waals surface area contributed by atoms with Gasteiger partial charge in [0.1, 0.15) is 5.82 Å². The minimum absolute atomic E-state index is 0.129. The number of hydrogen-bond donors (Lipinski definition) is 2. The number of carbonyl (C=O) groups excluding carboxylic acids is 1. The van der Waals surface area contributed by atoms with Crippen LogP contribution in [0.15, 0.2) is 12.1 Å². The standard InChI is InChI=1S/C14H21N3O2/c1-10-6-11(2)15-13(7-10)16-14(19)17-5-3-4-12(8-17)9-18/h6-7,12,18H,3-5,8-9H2,1-2H3,(H,15,16,19)/t12-/m1/s1. The second-order valence-electron chi connectivity index (χ2n) is 5.24. The Balaban J connectivity index is 2.00. The molecule has 0 radical (unpaired) electrons. The number of nitrogens with zero attached hydrogens (tertiary/aromatic N) is 2. The highest BCUT2D eigenvalue weighted by molar-refractivity contribution is 5.88. The summed E-state index contributed by atoms with van der Waals surface area (Å²) in [5, 5.41) is 12.0. The van der Waals surface area contributed by atoms with Gasteiger partial charge in [-0.3, -0.25) is 5.32 Å². The summed E-state index contributed by atoms with van der Waals surface area (Å²) >= 11 is 0. The second-order valence-corrected chi connectivity index (χ2v) is 5.24. The molecule has 104 valence electrons. The van der Waals surface area contributed by atoms with Gasteiger partial charge in [-0.05, 0) is 50.3 Å². The number of hydrogen-bond acceptors (Lipinski definition) is 3. The number of anilines is 1. The number of likely N-dealkylation sites (tertiary alicyclic amines) is 1. The van der Waals surface area contributed by atoms with E-state index in [-0.39, 0.29) is 18.6 Å². The Hall–Kier alpha value is -1.62. The lowest BCUT2D eigenvalue weighted by atomic mass is 9.99. The number of carbonyl (C=O) groups is 1. The second kappa shape index (κ2) is 6.02. The number of pyridine rings is 1. The van der Waals surface area contributed by atoms with E-state index in [1.807, 2.05) is 26.0 Å². The van der Waals surface area contributed by atoms with Gasteiger partial charge in [-0.1, -0.05) is 0 Å². The molecule has 1 fully saturated rings. The molecule has 0 aliphatic carbocycles. The van der Waals surface area contributed by atoms with Crippen LogP contribution in [-0.4, -0.2) is 40.7 Å². The molecule has 5 heteroatoms. The lowest BCUT2D eigenvalue weighted by Crippen LogP contribution is -2.43. The van der Waals surface area contributed by atoms with Crippen molar-refractivity contribution in [3.8, 4) is 0 Å². The first-order valence-corrected chi connectivity index (χ1v) is 6.70. The van der Waals surface area contributed by atoms with Crippen LogP contribution in [-0.2, 0) is 0 Å². The quantitative estimate of drug-likeness (QED) is 0.857. The average Bonchev–Trinajstić information content (AvgIpc) is 2.37. The van der Waals surface area contributed by atoms with Gasteiger partial charge >= 0.3 is 6.03 Å². The lowest BCUT2D eigenvalue weighted by Gasteiger charge is -2.31. The number of piperidine rings is 1. The third kappa shape index (κ3) is 3.67. The molecule has 0 spiro atoms. The molecule has 1 aromatic heterocycles. The molecule has 0 bridgehead atoms. The van der Waals surface area contributed by atoms with Crippen molar-refractivity contribution in [2.75, 3.05) is 25.0 Å². The molecule has 2 rings (SSSR count). The van der Waals surface area contributed by atoms with E-state index in [1.54, 1.807) is 4.90 Å². The van der Waals surface area contributed by atoms with Crippen molar-refractivity contribution in [2.45, 2.75) is 26.7 Å². The minimum atomic E-state index is -0.129. The number of rotatable bonds is 2. The molecule has 1 aliphatic rings. The van der Waals surface area contributed by atoms with Crippen molar-refractivity contribution in [3.05, 3.63) is 23.4 Å². The Bertz CT molecular complexity index is 442. The summed E-state index contributed by atoms with van der Waals surface area (Å²) in [5.74, 6) is 0.792. The zero-order valence-corrected chi connectivity index (χ0v) is 11.5. The summed E-state index contributed by atoms with van der Waals surface area (Å²) in [6.07, 6.45) is 1.93. The zero-order valence-electron chi connectivity index (χ0n) is 11.5. The fraction of sp³-hybridized carbons (Fsp3) is 0.571. The van der Waals surface area contributed by atoms with Crippen LogP contribution in [0.1, 0.15) is 24.1 Å². The van der Waals surface area contributed by atoms with Crippen LogP contribution in [0.5, 0.6) is 0 Å². The van der Waals surface area contributed by atoms with Crippen LogP contribution in [0.3, 0.4) is 0 Å². The largest absolute Gasteiger partial charge is 0.396 e. The van der Waals surface area contributed by atoms with Crippen LogP contribution in [0.25, 0.3) is 0 Å². The molecule has 2 amide bonds. The Morgan fingerprint density at radius 2 is 2.32 bits per heavy atom. The molecule has 1 aliphatic heterocycles. The van der Waals surface area contributed by atoms with Gasteiger partial charge in [-0.25, -0.2) is 9.78 Å². The molecule has 19 heavy (non-hydrogen) atoms. The van der Waals surface area contributed by atoms with Crippen molar-refractivity contribution in [2.24, 2.45) is 5.92 Å². The first-order chi connectivity index (χ1) is 9.08. The highest BCUT2D eigenvalue weighted by Gasteiger charge is 2.23. The number of nitrogens with one attached hydrogen (secondary N) is 1. The van der Waals surface area contributed by atoms with E-state index in [0.29, 0.717) is 12.4 Å². The average molecular weight is 263 g/mol. The van der Waals surface area contributed by atoms with Crippen molar-refractivity contribution < 1.29 is 9.90 Å². The van der Waals surface area contributed by atoms with Crippen molar-refractivity contribution in [1.29, 1.82) is 0 Å². The van der Waals surface area contributed by atoms with Crippen molar-refractivity contribution in [1.82, 2.24) is 9.88 Å². The van der Waals surface area contributed by atoms with Gasteiger partial charge in [0, 0.05) is 25.4 Å². The Kier molecular flexibility index (Phi) is 4.37. The van der Waals surface area contributed by atoms with E-state index in [4.69, 9.17) is 0 Å². The number of aliphatic hydroxyl groups is 1. The molecule has 1 aromatic rings. The third-order valence-electron chi connectivity index (χ3n) is 3.40. The normalized spacial score (nSPS) is 19.3. The van der Waals surface area contributed by atoms with Crippen LogP contribution in [0, 0.1) is 19.8 Å². The Labute approximate surface area is 113 Å². The Morgan fingerprint density at radius 3 is 3.00 bits per heavy atom. The summed E-state index contributed by atoms with van der Waals surface area (Å²) in [7, 11) is 0. The van der Waals surface area contributed by atoms with E-state index in [1.165, 1.54) is 0 Å². The van der Waals surface area contributed by atoms with Gasteiger partial charge in [0.05, 0.1) is 0 Å². The zero-order chi connectivity index (χ0) is 13.8. The minimum Gasteiger partial charge on any atom is -0.396 e. The number of urea groups is 1. The summed E-state index contributed by atoms with van der Waals surface area (Å²) in [6, 6.07) is 3.70. The van der Waals surface area contributed by atoms with E-state index >= 15 is 0 Å². The number of aryl methyl sites for hydroxylation is 2. The smallest absolute Gasteiger partial charge is 0.323 e. The summed E-state index contributed by atoms with van der Waals surface area (Å²) in [6.45, 7) is 5.39. The van der Waals surface area contributed by atoms with Gasteiger partial charge < -0.3 is 10.0 Å². The maximum atomic E-state index is 12.1. The van der Waals surface area contributed by atoms with Gasteiger partial charge in [0.15, 0.2) is 0 Å². The molecule has 1 atom stereocenters. The van der Waals surface area contributed by atoms with Gasteiger partial charge in [0.25, 0.3) is 0 Å². The fourth-order valence-electron chi connectivity index (χ4n) is 2.49. The van der Waals surface area contributed by atoms with Crippen molar-refractivity contribution in [3.63, 3.8) is 0 Å². The van der Waals surface area contributed by atoms with Crippen molar-refractivity contribution >= 4 is 11.8 Å². The maximum absolute atomic E-state index is 12.1. The van der Waals surface area contributed by atoms with E-state index < -0.39 is 0 Å². The first-order valence-electron chi connectivity index (χ1n) is 6.70. The topological polar surface area (TPSA) is 65.5 Å². The summed E-state index contributed by atoms with van der Waals surface area (Å²) in [4.78, 5) is 18.2. The highest BCUT2D eigenvalue weighted by atomic mass is 16.3. The van der Waals surface area contributed by atoms with Gasteiger partial charge in [-0.15, -0.1) is 0 Å². The molecular formula is C14H21N3O2. The molecular weight excluding hydrogens is 242 g/mol. The molecule has 2 heterocycles. The van der Waals surface area contributed by atoms with E-state index in [2.05, 4.69) is 10.3 Å². The number of aliphatic hydroxyl groups excluding tert-OH is 1. The van der Waals surface area contributed by atoms with E-state index in [0.717, 1.165) is 30.6 Å². The SMILES string of the molecule is Cc1cc(C)nc(NC(=O)N2CCC[C@@H](CO)C2)c1. The third-order valence-corrected chi connectivity index (χ3v) is 3.40. The highest BCUT2D eigenvalue weighted by Crippen LogP contribution is 2.17. The maximum Gasteiger partial charge on any atom is 0.323 e. The molecule has 5 nitrogen and oxygen atoms in total. The predicted molar refractivity (Wildman–Crippen MR) is 74.1 cm³/mol. The van der Waals surface area contributed by atoms with Crippen LogP contribution in [0.4, 0.5) is 10.6 Å². The molecule has 0 aromatic carbocycles.